The highest BCUT2D eigenvalue weighted by atomic mass is 32.1. The first-order chi connectivity index (χ1) is 5.79. The van der Waals surface area contributed by atoms with Crippen molar-refractivity contribution in [2.45, 2.75) is 11.4 Å². The Hall–Kier alpha value is -0.730. The molecule has 0 radical (unpaired) electrons. The van der Waals surface area contributed by atoms with Crippen LogP contribution in [0.4, 0.5) is 0 Å². The first kappa shape index (κ1) is 7.90. The number of aliphatic hydroxyl groups is 1. The van der Waals surface area contributed by atoms with Crippen molar-refractivity contribution in [3.05, 3.63) is 41.5 Å². The van der Waals surface area contributed by atoms with Crippen LogP contribution in [-0.4, -0.2) is 10.4 Å². The Labute approximate surface area is 77.1 Å². The van der Waals surface area contributed by atoms with E-state index in [1.807, 2.05) is 36.4 Å². The fourth-order valence-corrected chi connectivity index (χ4v) is 1.67. The van der Waals surface area contributed by atoms with Gasteiger partial charge in [0.2, 0.25) is 0 Å². The molecule has 62 valence electrons. The summed E-state index contributed by atoms with van der Waals surface area (Å²) in [6.45, 7) is 0. The second-order valence-electron chi connectivity index (χ2n) is 2.92. The second kappa shape index (κ2) is 2.96. The fraction of sp³-hybridized carbons (Fsp3) is 0.200. The first-order valence-electron chi connectivity index (χ1n) is 3.92. The third-order valence-electron chi connectivity index (χ3n) is 2.11. The van der Waals surface area contributed by atoms with Gasteiger partial charge < -0.3 is 5.11 Å². The molecular weight excluding hydrogens is 168 g/mol. The number of thiol groups is 1. The van der Waals surface area contributed by atoms with Gasteiger partial charge in [0.1, 0.15) is 0 Å². The summed E-state index contributed by atoms with van der Waals surface area (Å²) in [5, 5.41) is 9.63. The molecule has 0 bridgehead atoms. The molecule has 0 fully saturated rings. The maximum absolute atomic E-state index is 9.70. The van der Waals surface area contributed by atoms with Crippen molar-refractivity contribution in [2.75, 3.05) is 0 Å². The zero-order valence-electron chi connectivity index (χ0n) is 6.51. The zero-order chi connectivity index (χ0) is 8.55. The average Bonchev–Trinajstić information content (AvgIpc) is 2.12. The average molecular weight is 178 g/mol. The number of fused-ring (bicyclic) bond motifs is 1. The van der Waals surface area contributed by atoms with Gasteiger partial charge in [0.05, 0.1) is 11.4 Å². The van der Waals surface area contributed by atoms with E-state index in [1.54, 1.807) is 0 Å². The molecule has 2 rings (SSSR count). The van der Waals surface area contributed by atoms with E-state index in [4.69, 9.17) is 0 Å². The number of aliphatic hydroxyl groups excluding tert-OH is 1. The summed E-state index contributed by atoms with van der Waals surface area (Å²) in [5.74, 6) is 0. The van der Waals surface area contributed by atoms with Gasteiger partial charge in [0, 0.05) is 0 Å². The van der Waals surface area contributed by atoms with Crippen molar-refractivity contribution in [1.82, 2.24) is 0 Å². The standard InChI is InChI=1S/C10H10OS/c11-10-8-4-2-1-3-7(8)5-6-9(10)12/h1-6,9-12H/t9-,10-/m0/s1. The minimum absolute atomic E-state index is 0.0695. The lowest BCUT2D eigenvalue weighted by atomic mass is 9.95. The van der Waals surface area contributed by atoms with Crippen LogP contribution in [0.25, 0.3) is 6.08 Å². The summed E-state index contributed by atoms with van der Waals surface area (Å²) in [7, 11) is 0. The lowest BCUT2D eigenvalue weighted by Gasteiger charge is -2.21. The van der Waals surface area contributed by atoms with E-state index < -0.39 is 6.10 Å². The normalized spacial score (nSPS) is 26.8. The van der Waals surface area contributed by atoms with Crippen LogP contribution in [0.2, 0.25) is 0 Å². The fourth-order valence-electron chi connectivity index (χ4n) is 1.42. The summed E-state index contributed by atoms with van der Waals surface area (Å²) in [5.41, 5.74) is 2.07. The molecule has 2 atom stereocenters. The predicted molar refractivity (Wildman–Crippen MR) is 53.2 cm³/mol. The van der Waals surface area contributed by atoms with Gasteiger partial charge in [-0.1, -0.05) is 36.4 Å². The number of hydrogen-bond acceptors (Lipinski definition) is 2. The Kier molecular flexibility index (Phi) is 1.95. The summed E-state index contributed by atoms with van der Waals surface area (Å²) < 4.78 is 0. The van der Waals surface area contributed by atoms with Crippen LogP contribution in [-0.2, 0) is 0 Å². The molecule has 0 aliphatic heterocycles. The van der Waals surface area contributed by atoms with Crippen LogP contribution < -0.4 is 0 Å². The summed E-state index contributed by atoms with van der Waals surface area (Å²) in [6.07, 6.45) is 3.45. The number of benzene rings is 1. The third kappa shape index (κ3) is 1.17. The molecule has 12 heavy (non-hydrogen) atoms. The SMILES string of the molecule is O[C@H]1c2ccccc2C=C[C@@H]1S. The highest BCUT2D eigenvalue weighted by Crippen LogP contribution is 2.30. The van der Waals surface area contributed by atoms with E-state index in [-0.39, 0.29) is 5.25 Å². The molecule has 0 heterocycles. The van der Waals surface area contributed by atoms with Gasteiger partial charge in [0.15, 0.2) is 0 Å². The summed E-state index contributed by atoms with van der Waals surface area (Å²) >= 11 is 4.24. The highest BCUT2D eigenvalue weighted by Gasteiger charge is 2.20. The summed E-state index contributed by atoms with van der Waals surface area (Å²) in [6, 6.07) is 7.83. The quantitative estimate of drug-likeness (QED) is 0.582. The van der Waals surface area contributed by atoms with Gasteiger partial charge in [-0.15, -0.1) is 0 Å². The minimum atomic E-state index is -0.463. The second-order valence-corrected chi connectivity index (χ2v) is 3.52. The van der Waals surface area contributed by atoms with Crippen LogP contribution in [0.3, 0.4) is 0 Å². The van der Waals surface area contributed by atoms with Crippen LogP contribution in [0.1, 0.15) is 17.2 Å². The van der Waals surface area contributed by atoms with Crippen LogP contribution in [0.5, 0.6) is 0 Å². The molecule has 1 aromatic carbocycles. The van der Waals surface area contributed by atoms with Gasteiger partial charge in [-0.05, 0) is 11.1 Å². The molecule has 1 aliphatic rings. The molecule has 0 aromatic heterocycles. The molecular formula is C10H10OS. The van der Waals surface area contributed by atoms with Crippen molar-refractivity contribution in [2.24, 2.45) is 0 Å². The Morgan fingerprint density at radius 3 is 2.83 bits per heavy atom. The predicted octanol–water partition coefficient (Wildman–Crippen LogP) is 2.05. The van der Waals surface area contributed by atoms with E-state index in [0.717, 1.165) is 11.1 Å². The maximum Gasteiger partial charge on any atom is 0.0946 e. The van der Waals surface area contributed by atoms with E-state index >= 15 is 0 Å². The topological polar surface area (TPSA) is 20.2 Å². The Morgan fingerprint density at radius 1 is 1.25 bits per heavy atom. The lowest BCUT2D eigenvalue weighted by Crippen LogP contribution is -2.14. The molecule has 0 saturated heterocycles. The maximum atomic E-state index is 9.70. The van der Waals surface area contributed by atoms with Crippen molar-refractivity contribution in [1.29, 1.82) is 0 Å². The van der Waals surface area contributed by atoms with Crippen molar-refractivity contribution < 1.29 is 5.11 Å². The van der Waals surface area contributed by atoms with Crippen LogP contribution >= 0.6 is 12.6 Å². The molecule has 1 nitrogen and oxygen atoms in total. The monoisotopic (exact) mass is 178 g/mol. The Balaban J connectivity index is 2.52. The summed E-state index contributed by atoms with van der Waals surface area (Å²) in [4.78, 5) is 0. The Bertz CT molecular complexity index is 319. The van der Waals surface area contributed by atoms with Gasteiger partial charge in [-0.3, -0.25) is 0 Å². The van der Waals surface area contributed by atoms with Gasteiger partial charge >= 0.3 is 0 Å². The molecule has 1 aromatic rings. The van der Waals surface area contributed by atoms with Gasteiger partial charge in [-0.2, -0.15) is 12.6 Å². The minimum Gasteiger partial charge on any atom is -0.387 e. The molecule has 0 spiro atoms. The van der Waals surface area contributed by atoms with E-state index in [9.17, 15) is 5.11 Å². The number of hydrogen-bond donors (Lipinski definition) is 2. The largest absolute Gasteiger partial charge is 0.387 e. The van der Waals surface area contributed by atoms with E-state index in [2.05, 4.69) is 12.6 Å². The van der Waals surface area contributed by atoms with E-state index in [0.29, 0.717) is 0 Å². The van der Waals surface area contributed by atoms with Crippen molar-refractivity contribution >= 4 is 18.7 Å². The third-order valence-corrected chi connectivity index (χ3v) is 2.57. The molecule has 0 unspecified atom stereocenters. The highest BCUT2D eigenvalue weighted by molar-refractivity contribution is 7.81. The Morgan fingerprint density at radius 2 is 2.00 bits per heavy atom. The van der Waals surface area contributed by atoms with Gasteiger partial charge in [-0.25, -0.2) is 0 Å². The molecule has 1 aliphatic carbocycles. The number of rotatable bonds is 0. The van der Waals surface area contributed by atoms with Crippen LogP contribution in [0, 0.1) is 0 Å². The zero-order valence-corrected chi connectivity index (χ0v) is 7.41. The molecule has 2 heteroatoms. The van der Waals surface area contributed by atoms with E-state index in [1.165, 1.54) is 0 Å². The molecule has 1 N–H and O–H groups in total. The molecule has 0 amide bonds. The smallest absolute Gasteiger partial charge is 0.0946 e. The molecule has 0 saturated carbocycles. The van der Waals surface area contributed by atoms with Crippen LogP contribution in [0.15, 0.2) is 30.3 Å². The lowest BCUT2D eigenvalue weighted by molar-refractivity contribution is 0.186. The van der Waals surface area contributed by atoms with Crippen molar-refractivity contribution in [3.63, 3.8) is 0 Å². The van der Waals surface area contributed by atoms with Gasteiger partial charge in [0.25, 0.3) is 0 Å². The van der Waals surface area contributed by atoms with Crippen molar-refractivity contribution in [3.8, 4) is 0 Å². The first-order valence-corrected chi connectivity index (χ1v) is 4.44.